The standard InChI is InChI=1S/C19H22ClFN4O3/c1-19(2)7-24(6-10(19)22)16-12(20)15-11(14(23)13(16)21)17(26)9(18(27)28)5-25(15)8-3-4-8/h5,8,10H,3-4,6-7,22-23H2,1-2H3,(H,27,28)/t10-/m0/s1. The van der Waals surface area contributed by atoms with Crippen LogP contribution in [0.3, 0.4) is 0 Å². The third kappa shape index (κ3) is 2.66. The molecule has 1 aromatic heterocycles. The predicted molar refractivity (Wildman–Crippen MR) is 107 cm³/mol. The smallest absolute Gasteiger partial charge is 0.341 e. The maximum Gasteiger partial charge on any atom is 0.341 e. The van der Waals surface area contributed by atoms with Crippen molar-refractivity contribution < 1.29 is 14.3 Å². The molecule has 2 aromatic rings. The van der Waals surface area contributed by atoms with Gasteiger partial charge in [0.1, 0.15) is 5.56 Å². The molecule has 0 radical (unpaired) electrons. The summed E-state index contributed by atoms with van der Waals surface area (Å²) in [4.78, 5) is 26.0. The zero-order valence-electron chi connectivity index (χ0n) is 15.6. The maximum absolute atomic E-state index is 15.3. The second-order valence-electron chi connectivity index (χ2n) is 8.40. The number of carbonyl (C=O) groups is 1. The van der Waals surface area contributed by atoms with Gasteiger partial charge in [0.25, 0.3) is 0 Å². The number of halogens is 2. The Labute approximate surface area is 165 Å². The predicted octanol–water partition coefficient (Wildman–Crippen LogP) is 2.58. The quantitative estimate of drug-likeness (QED) is 0.672. The SMILES string of the molecule is CC1(C)CN(c2c(F)c(N)c3c(=O)c(C(=O)O)cn(C4CC4)c3c2Cl)C[C@@H]1N. The fourth-order valence-electron chi connectivity index (χ4n) is 3.95. The van der Waals surface area contributed by atoms with E-state index in [0.717, 1.165) is 12.8 Å². The average molecular weight is 409 g/mol. The first kappa shape index (κ1) is 19.0. The molecule has 1 saturated heterocycles. The zero-order valence-corrected chi connectivity index (χ0v) is 16.4. The van der Waals surface area contributed by atoms with Crippen LogP contribution in [0.25, 0.3) is 10.9 Å². The molecule has 0 bridgehead atoms. The number of anilines is 2. The summed E-state index contributed by atoms with van der Waals surface area (Å²) >= 11 is 6.64. The minimum absolute atomic E-state index is 0.00804. The molecule has 1 aliphatic heterocycles. The molecular formula is C19H22ClFN4O3. The summed E-state index contributed by atoms with van der Waals surface area (Å²) in [6.07, 6.45) is 2.93. The molecule has 1 saturated carbocycles. The van der Waals surface area contributed by atoms with Gasteiger partial charge in [-0.05, 0) is 18.3 Å². The molecule has 1 aromatic carbocycles. The number of nitrogens with two attached hydrogens (primary N) is 2. The number of pyridine rings is 1. The molecule has 1 atom stereocenters. The van der Waals surface area contributed by atoms with E-state index < -0.39 is 22.8 Å². The van der Waals surface area contributed by atoms with Crippen LogP contribution in [0.2, 0.25) is 5.02 Å². The van der Waals surface area contributed by atoms with Crippen LogP contribution >= 0.6 is 11.6 Å². The first-order chi connectivity index (χ1) is 13.0. The van der Waals surface area contributed by atoms with Crippen LogP contribution in [0, 0.1) is 11.2 Å². The van der Waals surface area contributed by atoms with Gasteiger partial charge in [0.15, 0.2) is 5.82 Å². The first-order valence-electron chi connectivity index (χ1n) is 9.13. The third-order valence-corrected chi connectivity index (χ3v) is 6.23. The van der Waals surface area contributed by atoms with Crippen molar-refractivity contribution >= 4 is 39.8 Å². The van der Waals surface area contributed by atoms with Gasteiger partial charge in [0, 0.05) is 31.4 Å². The topological polar surface area (TPSA) is 115 Å². The van der Waals surface area contributed by atoms with E-state index in [1.165, 1.54) is 6.20 Å². The number of aromatic nitrogens is 1. The van der Waals surface area contributed by atoms with Gasteiger partial charge in [-0.2, -0.15) is 0 Å². The minimum Gasteiger partial charge on any atom is -0.477 e. The molecule has 2 fully saturated rings. The van der Waals surface area contributed by atoms with Crippen molar-refractivity contribution in [1.29, 1.82) is 0 Å². The summed E-state index contributed by atoms with van der Waals surface area (Å²) in [5, 5.41) is 9.27. The van der Waals surface area contributed by atoms with Gasteiger partial charge in [0.2, 0.25) is 5.43 Å². The molecule has 2 aliphatic rings. The first-order valence-corrected chi connectivity index (χ1v) is 9.51. The Balaban J connectivity index is 2.06. The fraction of sp³-hybridized carbons (Fsp3) is 0.474. The number of rotatable bonds is 3. The number of fused-ring (bicyclic) bond motifs is 1. The lowest BCUT2D eigenvalue weighted by Gasteiger charge is -2.25. The Hall–Kier alpha value is -2.32. The molecule has 1 aliphatic carbocycles. The van der Waals surface area contributed by atoms with E-state index in [1.807, 2.05) is 13.8 Å². The molecule has 7 nitrogen and oxygen atoms in total. The number of nitrogens with zero attached hydrogens (tertiary/aromatic N) is 2. The van der Waals surface area contributed by atoms with Crippen molar-refractivity contribution in [3.8, 4) is 0 Å². The number of carboxylic acids is 1. The van der Waals surface area contributed by atoms with Crippen LogP contribution in [-0.4, -0.2) is 34.8 Å². The number of hydrogen-bond donors (Lipinski definition) is 3. The lowest BCUT2D eigenvalue weighted by atomic mass is 9.89. The van der Waals surface area contributed by atoms with E-state index in [4.69, 9.17) is 23.1 Å². The van der Waals surface area contributed by atoms with E-state index in [0.29, 0.717) is 13.1 Å². The van der Waals surface area contributed by atoms with Crippen LogP contribution in [-0.2, 0) is 0 Å². The van der Waals surface area contributed by atoms with E-state index in [2.05, 4.69) is 0 Å². The van der Waals surface area contributed by atoms with Crippen LogP contribution in [0.15, 0.2) is 11.0 Å². The van der Waals surface area contributed by atoms with Crippen LogP contribution in [0.5, 0.6) is 0 Å². The molecular weight excluding hydrogens is 387 g/mol. The second kappa shape index (κ2) is 6.09. The third-order valence-electron chi connectivity index (χ3n) is 5.87. The highest BCUT2D eigenvalue weighted by Gasteiger charge is 2.40. The molecule has 0 amide bonds. The summed E-state index contributed by atoms with van der Waals surface area (Å²) in [7, 11) is 0. The number of nitrogen functional groups attached to an aromatic ring is 1. The largest absolute Gasteiger partial charge is 0.477 e. The molecule has 9 heteroatoms. The summed E-state index contributed by atoms with van der Waals surface area (Å²) in [6.45, 7) is 4.87. The van der Waals surface area contributed by atoms with E-state index >= 15 is 4.39 Å². The molecule has 0 unspecified atom stereocenters. The maximum atomic E-state index is 15.3. The highest BCUT2D eigenvalue weighted by molar-refractivity contribution is 6.38. The van der Waals surface area contributed by atoms with Crippen molar-refractivity contribution in [2.24, 2.45) is 11.1 Å². The van der Waals surface area contributed by atoms with Crippen LogP contribution in [0.4, 0.5) is 15.8 Å². The molecule has 2 heterocycles. The van der Waals surface area contributed by atoms with Gasteiger partial charge < -0.3 is 26.0 Å². The summed E-state index contributed by atoms with van der Waals surface area (Å²) in [5.74, 6) is -2.20. The Kier molecular flexibility index (Phi) is 4.13. The number of aromatic carboxylic acids is 1. The van der Waals surface area contributed by atoms with Crippen molar-refractivity contribution in [1.82, 2.24) is 4.57 Å². The van der Waals surface area contributed by atoms with Crippen molar-refractivity contribution in [3.63, 3.8) is 0 Å². The van der Waals surface area contributed by atoms with Gasteiger partial charge in [-0.3, -0.25) is 4.79 Å². The van der Waals surface area contributed by atoms with Gasteiger partial charge in [-0.1, -0.05) is 25.4 Å². The molecule has 150 valence electrons. The Morgan fingerprint density at radius 2 is 2.04 bits per heavy atom. The van der Waals surface area contributed by atoms with Crippen LogP contribution in [0.1, 0.15) is 43.1 Å². The highest BCUT2D eigenvalue weighted by atomic mass is 35.5. The van der Waals surface area contributed by atoms with Crippen molar-refractivity contribution in [2.75, 3.05) is 23.7 Å². The van der Waals surface area contributed by atoms with Gasteiger partial charge in [-0.25, -0.2) is 9.18 Å². The summed E-state index contributed by atoms with van der Waals surface area (Å²) < 4.78 is 17.0. The van der Waals surface area contributed by atoms with Crippen molar-refractivity contribution in [3.05, 3.63) is 32.8 Å². The average Bonchev–Trinajstić information content (AvgIpc) is 3.39. The molecule has 4 rings (SSSR count). The van der Waals surface area contributed by atoms with Crippen LogP contribution < -0.4 is 21.8 Å². The van der Waals surface area contributed by atoms with E-state index in [-0.39, 0.29) is 44.8 Å². The van der Waals surface area contributed by atoms with E-state index in [1.54, 1.807) is 9.47 Å². The minimum atomic E-state index is -1.38. The Morgan fingerprint density at radius 3 is 2.54 bits per heavy atom. The number of benzene rings is 1. The summed E-state index contributed by atoms with van der Waals surface area (Å²) in [6, 6.07) is -0.173. The van der Waals surface area contributed by atoms with E-state index in [9.17, 15) is 14.7 Å². The van der Waals surface area contributed by atoms with Gasteiger partial charge in [0.05, 0.1) is 27.3 Å². The Bertz CT molecular complexity index is 1080. The van der Waals surface area contributed by atoms with Gasteiger partial charge in [-0.15, -0.1) is 0 Å². The fourth-order valence-corrected chi connectivity index (χ4v) is 4.35. The lowest BCUT2D eigenvalue weighted by molar-refractivity contribution is 0.0695. The molecule has 5 N–H and O–H groups in total. The number of hydrogen-bond acceptors (Lipinski definition) is 5. The molecule has 28 heavy (non-hydrogen) atoms. The summed E-state index contributed by atoms with van der Waals surface area (Å²) in [5.41, 5.74) is 10.7. The zero-order chi connectivity index (χ0) is 20.5. The van der Waals surface area contributed by atoms with Gasteiger partial charge >= 0.3 is 5.97 Å². The molecule has 0 spiro atoms. The highest BCUT2D eigenvalue weighted by Crippen LogP contribution is 2.46. The monoisotopic (exact) mass is 408 g/mol. The lowest BCUT2D eigenvalue weighted by Crippen LogP contribution is -2.35. The normalized spacial score (nSPS) is 21.5. The number of carboxylic acid groups (broad SMARTS) is 1. The Morgan fingerprint density at radius 1 is 1.39 bits per heavy atom. The second-order valence-corrected chi connectivity index (χ2v) is 8.78. The van der Waals surface area contributed by atoms with Crippen molar-refractivity contribution in [2.45, 2.75) is 38.8 Å².